The third-order valence-electron chi connectivity index (χ3n) is 3.19. The summed E-state index contributed by atoms with van der Waals surface area (Å²) in [4.78, 5) is 3.51. The van der Waals surface area contributed by atoms with Crippen LogP contribution in [0.5, 0.6) is 0 Å². The molecule has 0 spiro atoms. The summed E-state index contributed by atoms with van der Waals surface area (Å²) in [6, 6.07) is 9.29. The first-order chi connectivity index (χ1) is 10.2. The molecule has 4 heteroatoms. The Morgan fingerprint density at radius 3 is 2.76 bits per heavy atom. The van der Waals surface area contributed by atoms with Gasteiger partial charge in [0.2, 0.25) is 0 Å². The molecule has 1 aromatic heterocycles. The Balaban J connectivity index is 2.07. The van der Waals surface area contributed by atoms with Crippen LogP contribution in [0, 0.1) is 17.7 Å². The molecule has 0 atom stereocenters. The molecule has 0 unspecified atom stereocenters. The molecule has 1 aromatic carbocycles. The first kappa shape index (κ1) is 15.7. The lowest BCUT2D eigenvalue weighted by Gasteiger charge is -2.20. The van der Waals surface area contributed by atoms with Crippen molar-refractivity contribution in [1.29, 1.82) is 0 Å². The minimum absolute atomic E-state index is 0.205. The first-order valence-corrected chi connectivity index (χ1v) is 7.83. The van der Waals surface area contributed by atoms with E-state index in [1.54, 1.807) is 11.3 Å². The molecule has 0 amide bonds. The number of hydrogen-bond donors (Lipinski definition) is 1. The third kappa shape index (κ3) is 4.68. The molecule has 0 bridgehead atoms. The van der Waals surface area contributed by atoms with Gasteiger partial charge in [-0.2, -0.15) is 0 Å². The zero-order valence-electron chi connectivity index (χ0n) is 12.1. The van der Waals surface area contributed by atoms with Gasteiger partial charge in [-0.1, -0.05) is 30.9 Å². The Morgan fingerprint density at radius 1 is 1.29 bits per heavy atom. The van der Waals surface area contributed by atoms with Gasteiger partial charge in [0, 0.05) is 29.1 Å². The van der Waals surface area contributed by atoms with Crippen molar-refractivity contribution in [2.45, 2.75) is 20.0 Å². The summed E-state index contributed by atoms with van der Waals surface area (Å²) in [5.74, 6) is 5.38. The molecule has 0 fully saturated rings. The number of rotatable bonds is 5. The van der Waals surface area contributed by atoms with Gasteiger partial charge < -0.3 is 5.73 Å². The fourth-order valence-electron chi connectivity index (χ4n) is 2.05. The van der Waals surface area contributed by atoms with E-state index in [1.165, 1.54) is 10.9 Å². The van der Waals surface area contributed by atoms with E-state index in [0.717, 1.165) is 13.1 Å². The van der Waals surface area contributed by atoms with Crippen molar-refractivity contribution in [2.75, 3.05) is 13.1 Å². The standard InChI is InChI=1S/C17H19FN2S/c1-2-20(13-16-6-4-10-21-16)12-15-8-7-14(5-3-9-19)11-17(15)18/h4,6-8,10-11H,2,9,12-13,19H2,1H3. The summed E-state index contributed by atoms with van der Waals surface area (Å²) < 4.78 is 14.1. The van der Waals surface area contributed by atoms with Crippen molar-refractivity contribution in [3.63, 3.8) is 0 Å². The van der Waals surface area contributed by atoms with E-state index < -0.39 is 0 Å². The van der Waals surface area contributed by atoms with Crippen LogP contribution in [-0.4, -0.2) is 18.0 Å². The van der Waals surface area contributed by atoms with E-state index >= 15 is 0 Å². The average Bonchev–Trinajstić information content (AvgIpc) is 2.99. The lowest BCUT2D eigenvalue weighted by Crippen LogP contribution is -2.22. The largest absolute Gasteiger partial charge is 0.320 e. The van der Waals surface area contributed by atoms with Gasteiger partial charge in [0.25, 0.3) is 0 Å². The van der Waals surface area contributed by atoms with Crippen LogP contribution < -0.4 is 5.73 Å². The summed E-state index contributed by atoms with van der Waals surface area (Å²) in [7, 11) is 0. The lowest BCUT2D eigenvalue weighted by molar-refractivity contribution is 0.270. The van der Waals surface area contributed by atoms with E-state index in [4.69, 9.17) is 5.73 Å². The number of nitrogens with two attached hydrogens (primary N) is 1. The van der Waals surface area contributed by atoms with Gasteiger partial charge in [-0.25, -0.2) is 4.39 Å². The molecular weight excluding hydrogens is 283 g/mol. The first-order valence-electron chi connectivity index (χ1n) is 6.95. The van der Waals surface area contributed by atoms with Crippen LogP contribution in [0.15, 0.2) is 35.7 Å². The van der Waals surface area contributed by atoms with Gasteiger partial charge in [-0.3, -0.25) is 4.90 Å². The summed E-state index contributed by atoms with van der Waals surface area (Å²) in [5, 5.41) is 2.06. The molecule has 2 aromatic rings. The molecule has 0 saturated carbocycles. The van der Waals surface area contributed by atoms with Gasteiger partial charge in [0.05, 0.1) is 6.54 Å². The Bertz CT molecular complexity index is 626. The highest BCUT2D eigenvalue weighted by molar-refractivity contribution is 7.09. The lowest BCUT2D eigenvalue weighted by atomic mass is 10.1. The van der Waals surface area contributed by atoms with Gasteiger partial charge in [-0.05, 0) is 30.1 Å². The Hall–Kier alpha value is -1.67. The number of thiophene rings is 1. The summed E-state index contributed by atoms with van der Waals surface area (Å²) in [6.07, 6.45) is 0. The Kier molecular flexibility index (Phi) is 5.94. The molecule has 0 aliphatic rings. The number of benzene rings is 1. The van der Waals surface area contributed by atoms with Crippen LogP contribution in [-0.2, 0) is 13.1 Å². The van der Waals surface area contributed by atoms with Gasteiger partial charge >= 0.3 is 0 Å². The smallest absolute Gasteiger partial charge is 0.128 e. The minimum atomic E-state index is -0.205. The minimum Gasteiger partial charge on any atom is -0.320 e. The van der Waals surface area contributed by atoms with Crippen LogP contribution >= 0.6 is 11.3 Å². The number of nitrogens with zero attached hydrogens (tertiary/aromatic N) is 1. The molecule has 110 valence electrons. The molecule has 2 nitrogen and oxygen atoms in total. The van der Waals surface area contributed by atoms with Gasteiger partial charge in [0.15, 0.2) is 0 Å². The third-order valence-corrected chi connectivity index (χ3v) is 4.05. The summed E-state index contributed by atoms with van der Waals surface area (Å²) in [5.41, 5.74) is 6.69. The number of halogens is 1. The van der Waals surface area contributed by atoms with Gasteiger partial charge in [0.1, 0.15) is 5.82 Å². The second-order valence-corrected chi connectivity index (χ2v) is 5.73. The van der Waals surface area contributed by atoms with Gasteiger partial charge in [-0.15, -0.1) is 11.3 Å². The Morgan fingerprint density at radius 2 is 2.14 bits per heavy atom. The maximum Gasteiger partial charge on any atom is 0.128 e. The zero-order chi connectivity index (χ0) is 15.1. The van der Waals surface area contributed by atoms with E-state index in [1.807, 2.05) is 18.2 Å². The second-order valence-electron chi connectivity index (χ2n) is 4.69. The monoisotopic (exact) mass is 302 g/mol. The van der Waals surface area contributed by atoms with Crippen LogP contribution in [0.2, 0.25) is 0 Å². The van der Waals surface area contributed by atoms with Crippen molar-refractivity contribution < 1.29 is 4.39 Å². The van der Waals surface area contributed by atoms with Crippen molar-refractivity contribution >= 4 is 11.3 Å². The maximum absolute atomic E-state index is 14.1. The topological polar surface area (TPSA) is 29.3 Å². The summed E-state index contributed by atoms with van der Waals surface area (Å²) in [6.45, 7) is 4.71. The predicted octanol–water partition coefficient (Wildman–Crippen LogP) is 3.22. The molecule has 1 heterocycles. The van der Waals surface area contributed by atoms with E-state index in [2.05, 4.69) is 35.1 Å². The molecule has 0 aliphatic carbocycles. The molecule has 0 radical (unpaired) electrons. The fraction of sp³-hybridized carbons (Fsp3) is 0.294. The maximum atomic E-state index is 14.1. The second kappa shape index (κ2) is 7.94. The quantitative estimate of drug-likeness (QED) is 0.859. The predicted molar refractivity (Wildman–Crippen MR) is 86.4 cm³/mol. The molecule has 21 heavy (non-hydrogen) atoms. The van der Waals surface area contributed by atoms with E-state index in [9.17, 15) is 4.39 Å². The zero-order valence-corrected chi connectivity index (χ0v) is 12.9. The highest BCUT2D eigenvalue weighted by Crippen LogP contribution is 2.16. The number of hydrogen-bond acceptors (Lipinski definition) is 3. The van der Waals surface area contributed by atoms with Crippen LogP contribution in [0.1, 0.15) is 22.9 Å². The summed E-state index contributed by atoms with van der Waals surface area (Å²) >= 11 is 1.73. The highest BCUT2D eigenvalue weighted by Gasteiger charge is 2.09. The van der Waals surface area contributed by atoms with Crippen LogP contribution in [0.4, 0.5) is 4.39 Å². The van der Waals surface area contributed by atoms with Crippen molar-refractivity contribution in [2.24, 2.45) is 5.73 Å². The van der Waals surface area contributed by atoms with E-state index in [-0.39, 0.29) is 12.4 Å². The molecule has 0 saturated heterocycles. The normalized spacial score (nSPS) is 10.5. The molecule has 0 aliphatic heterocycles. The average molecular weight is 302 g/mol. The fourth-order valence-corrected chi connectivity index (χ4v) is 2.80. The van der Waals surface area contributed by atoms with Crippen LogP contribution in [0.3, 0.4) is 0 Å². The van der Waals surface area contributed by atoms with E-state index in [0.29, 0.717) is 17.7 Å². The van der Waals surface area contributed by atoms with Crippen LogP contribution in [0.25, 0.3) is 0 Å². The molecule has 2 rings (SSSR count). The van der Waals surface area contributed by atoms with Crippen molar-refractivity contribution in [3.05, 3.63) is 57.5 Å². The Labute approximate surface area is 129 Å². The highest BCUT2D eigenvalue weighted by atomic mass is 32.1. The van der Waals surface area contributed by atoms with Crippen molar-refractivity contribution in [1.82, 2.24) is 4.90 Å². The van der Waals surface area contributed by atoms with Crippen molar-refractivity contribution in [3.8, 4) is 11.8 Å². The molecule has 2 N–H and O–H groups in total. The molecular formula is C17H19FN2S. The SMILES string of the molecule is CCN(Cc1cccs1)Cc1ccc(C#CCN)cc1F.